The summed E-state index contributed by atoms with van der Waals surface area (Å²) in [5.41, 5.74) is 3.10. The first-order valence-corrected chi connectivity index (χ1v) is 10.1. The van der Waals surface area contributed by atoms with Crippen molar-refractivity contribution in [3.05, 3.63) is 47.3 Å². The molecule has 1 amide bonds. The highest BCUT2D eigenvalue weighted by Gasteiger charge is 2.23. The van der Waals surface area contributed by atoms with Gasteiger partial charge in [-0.15, -0.1) is 0 Å². The molecule has 0 aliphatic carbocycles. The van der Waals surface area contributed by atoms with Crippen LogP contribution in [0.4, 0.5) is 0 Å². The summed E-state index contributed by atoms with van der Waals surface area (Å²) >= 11 is 0. The topological polar surface area (TPSA) is 64.4 Å². The van der Waals surface area contributed by atoms with Crippen LogP contribution in [-0.2, 0) is 9.53 Å². The molecule has 0 radical (unpaired) electrons. The molecule has 158 valence electrons. The van der Waals surface area contributed by atoms with Crippen molar-refractivity contribution in [1.82, 2.24) is 14.7 Å². The molecule has 6 heteroatoms. The van der Waals surface area contributed by atoms with Crippen molar-refractivity contribution in [1.29, 1.82) is 0 Å². The van der Waals surface area contributed by atoms with Gasteiger partial charge in [-0.05, 0) is 52.2 Å². The first kappa shape index (κ1) is 22.7. The van der Waals surface area contributed by atoms with Crippen LogP contribution in [0, 0.1) is 6.92 Å². The van der Waals surface area contributed by atoms with E-state index in [1.54, 1.807) is 18.1 Å². The summed E-state index contributed by atoms with van der Waals surface area (Å²) in [7, 11) is 1.75. The largest absolute Gasteiger partial charge is 0.460 e. The maximum Gasteiger partial charge on any atom is 0.306 e. The van der Waals surface area contributed by atoms with E-state index in [0.29, 0.717) is 18.5 Å². The number of carbonyl (C=O) groups excluding carboxylic acids is 2. The Balaban J connectivity index is 2.10. The van der Waals surface area contributed by atoms with Gasteiger partial charge in [-0.2, -0.15) is 5.10 Å². The molecule has 6 nitrogen and oxygen atoms in total. The Bertz CT molecular complexity index is 845. The second kappa shape index (κ2) is 9.25. The molecule has 0 unspecified atom stereocenters. The number of amides is 1. The van der Waals surface area contributed by atoms with Gasteiger partial charge in [0, 0.05) is 20.0 Å². The fourth-order valence-electron chi connectivity index (χ4n) is 3.13. The van der Waals surface area contributed by atoms with Crippen LogP contribution in [0.1, 0.15) is 75.0 Å². The second-order valence-electron chi connectivity index (χ2n) is 8.76. The Labute approximate surface area is 173 Å². The van der Waals surface area contributed by atoms with E-state index >= 15 is 0 Å². The van der Waals surface area contributed by atoms with Crippen LogP contribution in [0.25, 0.3) is 5.69 Å². The zero-order valence-electron chi connectivity index (χ0n) is 18.7. The Morgan fingerprint density at radius 2 is 1.79 bits per heavy atom. The van der Waals surface area contributed by atoms with Gasteiger partial charge in [-0.3, -0.25) is 9.59 Å². The highest BCUT2D eigenvalue weighted by atomic mass is 16.6. The Morgan fingerprint density at radius 1 is 1.17 bits per heavy atom. The monoisotopic (exact) mass is 399 g/mol. The van der Waals surface area contributed by atoms with Crippen molar-refractivity contribution in [2.75, 3.05) is 13.6 Å². The number of aryl methyl sites for hydroxylation is 1. The van der Waals surface area contributed by atoms with E-state index in [0.717, 1.165) is 11.4 Å². The SMILES string of the molecule is Cc1ccc(-n2ncc(C(=O)N(C)CCCC(=O)OC(C)(C)C)c2C(C)C)cc1. The molecule has 0 fully saturated rings. The number of hydrogen-bond donors (Lipinski definition) is 0. The fourth-order valence-corrected chi connectivity index (χ4v) is 3.13. The molecule has 29 heavy (non-hydrogen) atoms. The molecule has 2 rings (SSSR count). The van der Waals surface area contributed by atoms with Gasteiger partial charge >= 0.3 is 5.97 Å². The highest BCUT2D eigenvalue weighted by molar-refractivity contribution is 5.95. The van der Waals surface area contributed by atoms with E-state index in [-0.39, 0.29) is 24.2 Å². The molecule has 0 aliphatic heterocycles. The second-order valence-corrected chi connectivity index (χ2v) is 8.76. The first-order valence-electron chi connectivity index (χ1n) is 10.1. The van der Waals surface area contributed by atoms with Gasteiger partial charge in [-0.25, -0.2) is 4.68 Å². The average molecular weight is 400 g/mol. The third kappa shape index (κ3) is 6.17. The molecular weight excluding hydrogens is 366 g/mol. The zero-order valence-corrected chi connectivity index (χ0v) is 18.7. The van der Waals surface area contributed by atoms with E-state index in [4.69, 9.17) is 4.74 Å². The zero-order chi connectivity index (χ0) is 21.8. The van der Waals surface area contributed by atoms with E-state index in [2.05, 4.69) is 18.9 Å². The molecule has 0 atom stereocenters. The normalized spacial score (nSPS) is 11.6. The number of esters is 1. The maximum absolute atomic E-state index is 13.0. The number of carbonyl (C=O) groups is 2. The summed E-state index contributed by atoms with van der Waals surface area (Å²) in [6.45, 7) is 12.2. The van der Waals surface area contributed by atoms with E-state index in [1.165, 1.54) is 5.56 Å². The van der Waals surface area contributed by atoms with E-state index in [1.807, 2.05) is 56.6 Å². The molecule has 2 aromatic rings. The lowest BCUT2D eigenvalue weighted by Gasteiger charge is -2.21. The van der Waals surface area contributed by atoms with Crippen molar-refractivity contribution in [2.45, 2.75) is 65.9 Å². The molecule has 0 saturated heterocycles. The minimum Gasteiger partial charge on any atom is -0.460 e. The number of nitrogens with zero attached hydrogens (tertiary/aromatic N) is 3. The third-order valence-electron chi connectivity index (χ3n) is 4.50. The molecule has 0 bridgehead atoms. The standard InChI is InChI=1S/C23H33N3O3/c1-16(2)21-19(15-24-26(21)18-12-10-17(3)11-13-18)22(28)25(7)14-8-9-20(27)29-23(4,5)6/h10-13,15-16H,8-9,14H2,1-7H3. The van der Waals surface area contributed by atoms with Crippen LogP contribution < -0.4 is 0 Å². The smallest absolute Gasteiger partial charge is 0.306 e. The van der Waals surface area contributed by atoms with E-state index in [9.17, 15) is 9.59 Å². The predicted molar refractivity (Wildman–Crippen MR) is 114 cm³/mol. The van der Waals surface area contributed by atoms with Crippen molar-refractivity contribution in [2.24, 2.45) is 0 Å². The summed E-state index contributed by atoms with van der Waals surface area (Å²) in [4.78, 5) is 26.5. The van der Waals surface area contributed by atoms with Crippen molar-refractivity contribution in [3.8, 4) is 5.69 Å². The summed E-state index contributed by atoms with van der Waals surface area (Å²) < 4.78 is 7.16. The van der Waals surface area contributed by atoms with Gasteiger partial charge in [0.05, 0.1) is 23.1 Å². The van der Waals surface area contributed by atoms with Crippen LogP contribution >= 0.6 is 0 Å². The molecule has 1 heterocycles. The summed E-state index contributed by atoms with van der Waals surface area (Å²) in [5.74, 6) is -0.197. The Kier molecular flexibility index (Phi) is 7.22. The van der Waals surface area contributed by atoms with Crippen molar-refractivity contribution in [3.63, 3.8) is 0 Å². The Morgan fingerprint density at radius 3 is 2.34 bits per heavy atom. The minimum absolute atomic E-state index is 0.0868. The van der Waals surface area contributed by atoms with Gasteiger partial charge < -0.3 is 9.64 Å². The van der Waals surface area contributed by atoms with Gasteiger partial charge in [0.1, 0.15) is 5.60 Å². The number of aromatic nitrogens is 2. The van der Waals surface area contributed by atoms with Crippen molar-refractivity contribution < 1.29 is 14.3 Å². The summed E-state index contributed by atoms with van der Waals surface area (Å²) in [6.07, 6.45) is 2.48. The van der Waals surface area contributed by atoms with Crippen molar-refractivity contribution >= 4 is 11.9 Å². The molecular formula is C23H33N3O3. The van der Waals surface area contributed by atoms with Gasteiger partial charge in [0.25, 0.3) is 5.91 Å². The summed E-state index contributed by atoms with van der Waals surface area (Å²) in [5, 5.41) is 4.48. The fraction of sp³-hybridized carbons (Fsp3) is 0.522. The quantitative estimate of drug-likeness (QED) is 0.643. The number of benzene rings is 1. The highest BCUT2D eigenvalue weighted by Crippen LogP contribution is 2.24. The molecule has 1 aromatic heterocycles. The van der Waals surface area contributed by atoms with Gasteiger partial charge in [0.2, 0.25) is 0 Å². The van der Waals surface area contributed by atoms with Crippen LogP contribution in [0.2, 0.25) is 0 Å². The molecule has 0 N–H and O–H groups in total. The lowest BCUT2D eigenvalue weighted by atomic mass is 10.0. The number of ether oxygens (including phenoxy) is 1. The lowest BCUT2D eigenvalue weighted by Crippen LogP contribution is -2.29. The van der Waals surface area contributed by atoms with Crippen LogP contribution in [-0.4, -0.2) is 45.8 Å². The first-order chi connectivity index (χ1) is 13.5. The minimum atomic E-state index is -0.491. The van der Waals surface area contributed by atoms with Crippen LogP contribution in [0.15, 0.2) is 30.5 Å². The average Bonchev–Trinajstić information content (AvgIpc) is 3.05. The molecule has 0 saturated carbocycles. The maximum atomic E-state index is 13.0. The van der Waals surface area contributed by atoms with E-state index < -0.39 is 5.60 Å². The predicted octanol–water partition coefficient (Wildman–Crippen LogP) is 4.50. The van der Waals surface area contributed by atoms with Gasteiger partial charge in [0.15, 0.2) is 0 Å². The summed E-state index contributed by atoms with van der Waals surface area (Å²) in [6, 6.07) is 8.08. The van der Waals surface area contributed by atoms with Gasteiger partial charge in [-0.1, -0.05) is 31.5 Å². The molecule has 0 spiro atoms. The Hall–Kier alpha value is -2.63. The van der Waals surface area contributed by atoms with Crippen LogP contribution in [0.5, 0.6) is 0 Å². The number of hydrogen-bond acceptors (Lipinski definition) is 4. The lowest BCUT2D eigenvalue weighted by molar-refractivity contribution is -0.154. The number of rotatable bonds is 7. The van der Waals surface area contributed by atoms with Crippen LogP contribution in [0.3, 0.4) is 0 Å². The molecule has 0 aliphatic rings. The third-order valence-corrected chi connectivity index (χ3v) is 4.50. The molecule has 1 aromatic carbocycles.